The van der Waals surface area contributed by atoms with Gasteiger partial charge in [0.25, 0.3) is 10.0 Å². The summed E-state index contributed by atoms with van der Waals surface area (Å²) in [6.45, 7) is 8.30. The van der Waals surface area contributed by atoms with Gasteiger partial charge in [-0.25, -0.2) is 12.8 Å². The summed E-state index contributed by atoms with van der Waals surface area (Å²) in [5, 5.41) is 2.87. The van der Waals surface area contributed by atoms with E-state index >= 15 is 0 Å². The molecule has 0 saturated carbocycles. The fraction of sp³-hybridized carbons (Fsp3) is 0.333. The van der Waals surface area contributed by atoms with Crippen LogP contribution in [0.4, 0.5) is 10.1 Å². The zero-order valence-corrected chi connectivity index (χ0v) is 26.3. The van der Waals surface area contributed by atoms with Crippen LogP contribution in [-0.2, 0) is 26.2 Å². The summed E-state index contributed by atoms with van der Waals surface area (Å²) in [5.41, 5.74) is 1.22. The molecule has 41 heavy (non-hydrogen) atoms. The van der Waals surface area contributed by atoms with Gasteiger partial charge in [-0.15, -0.1) is 0 Å². The molecule has 3 aromatic carbocycles. The van der Waals surface area contributed by atoms with E-state index in [4.69, 9.17) is 4.74 Å². The number of hydrogen-bond donors (Lipinski definition) is 1. The lowest BCUT2D eigenvalue weighted by molar-refractivity contribution is -0.140. The van der Waals surface area contributed by atoms with Crippen LogP contribution in [0, 0.1) is 12.7 Å². The maximum Gasteiger partial charge on any atom is 0.264 e. The van der Waals surface area contributed by atoms with Crippen LogP contribution >= 0.6 is 15.9 Å². The maximum absolute atomic E-state index is 14.0. The minimum absolute atomic E-state index is 0.0340. The number of anilines is 1. The predicted molar refractivity (Wildman–Crippen MR) is 161 cm³/mol. The lowest BCUT2D eigenvalue weighted by atomic mass is 10.1. The number of halogens is 2. The zero-order valence-electron chi connectivity index (χ0n) is 23.9. The molecule has 3 aromatic rings. The Hall–Kier alpha value is -3.44. The van der Waals surface area contributed by atoms with Crippen molar-refractivity contribution in [3.05, 3.63) is 88.1 Å². The summed E-state index contributed by atoms with van der Waals surface area (Å²) in [6, 6.07) is 15.7. The summed E-state index contributed by atoms with van der Waals surface area (Å²) in [5.74, 6) is -1.00. The van der Waals surface area contributed by atoms with Crippen LogP contribution in [0.3, 0.4) is 0 Å². The fourth-order valence-corrected chi connectivity index (χ4v) is 6.15. The number of aryl methyl sites for hydroxylation is 1. The van der Waals surface area contributed by atoms with E-state index in [1.807, 2.05) is 27.7 Å². The highest BCUT2D eigenvalue weighted by molar-refractivity contribution is 9.10. The van der Waals surface area contributed by atoms with Crippen LogP contribution in [0.1, 0.15) is 38.8 Å². The average Bonchev–Trinajstić information content (AvgIpc) is 2.90. The maximum atomic E-state index is 14.0. The second kappa shape index (κ2) is 13.0. The molecule has 0 bridgehead atoms. The number of sulfonamides is 1. The Kier molecular flexibility index (Phi) is 10.2. The highest BCUT2D eigenvalue weighted by Crippen LogP contribution is 2.31. The molecule has 0 saturated heterocycles. The van der Waals surface area contributed by atoms with Crippen molar-refractivity contribution < 1.29 is 27.1 Å². The number of hydrogen-bond acceptors (Lipinski definition) is 5. The van der Waals surface area contributed by atoms with Crippen molar-refractivity contribution in [2.75, 3.05) is 18.0 Å². The number of nitrogens with one attached hydrogen (secondary N) is 1. The van der Waals surface area contributed by atoms with Gasteiger partial charge in [-0.3, -0.25) is 13.9 Å². The zero-order chi connectivity index (χ0) is 30.5. The summed E-state index contributed by atoms with van der Waals surface area (Å²) in [6.07, 6.45) is 0. The van der Waals surface area contributed by atoms with Crippen LogP contribution in [0.15, 0.2) is 76.1 Å². The van der Waals surface area contributed by atoms with Crippen molar-refractivity contribution in [3.63, 3.8) is 0 Å². The molecule has 0 aliphatic heterocycles. The molecule has 0 aliphatic rings. The molecular formula is C30H35BrFN3O5S. The van der Waals surface area contributed by atoms with Crippen LogP contribution in [0.5, 0.6) is 5.75 Å². The van der Waals surface area contributed by atoms with Gasteiger partial charge in [-0.1, -0.05) is 29.8 Å². The third kappa shape index (κ3) is 8.29. The fourth-order valence-electron chi connectivity index (χ4n) is 4.02. The Morgan fingerprint density at radius 3 is 2.17 bits per heavy atom. The molecule has 11 heteroatoms. The van der Waals surface area contributed by atoms with Crippen LogP contribution < -0.4 is 14.4 Å². The van der Waals surface area contributed by atoms with Crippen molar-refractivity contribution in [1.29, 1.82) is 0 Å². The first kappa shape index (κ1) is 32.1. The second-order valence-electron chi connectivity index (χ2n) is 10.7. The lowest BCUT2D eigenvalue weighted by Crippen LogP contribution is -2.54. The van der Waals surface area contributed by atoms with E-state index in [-0.39, 0.29) is 17.1 Å². The number of benzene rings is 3. The van der Waals surface area contributed by atoms with Gasteiger partial charge in [0.2, 0.25) is 11.8 Å². The number of rotatable bonds is 10. The summed E-state index contributed by atoms with van der Waals surface area (Å²) < 4.78 is 48.2. The number of ether oxygens (including phenoxy) is 1. The molecule has 1 atom stereocenters. The van der Waals surface area contributed by atoms with Gasteiger partial charge < -0.3 is 15.0 Å². The number of amides is 2. The Bertz CT molecular complexity index is 1490. The standard InChI is InChI=1S/C30H35BrFN3O5S/c1-20-7-13-24(14-8-20)35(41(38,39)25-15-16-27(40-6)26(31)17-25)19-28(36)34(18-22-9-11-23(32)12-10-22)21(2)29(37)33-30(3,4)5/h7-17,21H,18-19H2,1-6H3,(H,33,37). The number of methoxy groups -OCH3 is 1. The van der Waals surface area contributed by atoms with E-state index in [0.29, 0.717) is 15.8 Å². The van der Waals surface area contributed by atoms with Gasteiger partial charge in [0.05, 0.1) is 22.2 Å². The van der Waals surface area contributed by atoms with Gasteiger partial charge in [0.15, 0.2) is 0 Å². The largest absolute Gasteiger partial charge is 0.496 e. The molecule has 0 spiro atoms. The summed E-state index contributed by atoms with van der Waals surface area (Å²) in [7, 11) is -2.78. The molecule has 0 fully saturated rings. The topological polar surface area (TPSA) is 96.0 Å². The van der Waals surface area contributed by atoms with Crippen molar-refractivity contribution in [2.45, 2.75) is 57.6 Å². The Balaban J connectivity index is 2.05. The molecule has 0 aliphatic carbocycles. The van der Waals surface area contributed by atoms with Crippen LogP contribution in [0.25, 0.3) is 0 Å². The third-order valence-corrected chi connectivity index (χ3v) is 8.63. The molecule has 0 aromatic heterocycles. The second-order valence-corrected chi connectivity index (χ2v) is 13.4. The minimum atomic E-state index is -4.25. The Labute approximate surface area is 249 Å². The summed E-state index contributed by atoms with van der Waals surface area (Å²) in [4.78, 5) is 28.4. The molecule has 220 valence electrons. The summed E-state index contributed by atoms with van der Waals surface area (Å²) >= 11 is 3.34. The van der Waals surface area contributed by atoms with Gasteiger partial charge in [-0.05, 0) is 98.6 Å². The van der Waals surface area contributed by atoms with Crippen molar-refractivity contribution in [3.8, 4) is 5.75 Å². The number of carbonyl (C=O) groups excluding carboxylic acids is 2. The quantitative estimate of drug-likeness (QED) is 0.317. The van der Waals surface area contributed by atoms with Gasteiger partial charge >= 0.3 is 0 Å². The smallest absolute Gasteiger partial charge is 0.264 e. The third-order valence-electron chi connectivity index (χ3n) is 6.24. The van der Waals surface area contributed by atoms with Crippen LogP contribution in [-0.4, -0.2) is 50.4 Å². The van der Waals surface area contributed by atoms with Crippen molar-refractivity contribution in [2.24, 2.45) is 0 Å². The van der Waals surface area contributed by atoms with E-state index < -0.39 is 45.8 Å². The molecule has 3 rings (SSSR count). The van der Waals surface area contributed by atoms with E-state index in [1.54, 1.807) is 31.2 Å². The average molecular weight is 649 g/mol. The minimum Gasteiger partial charge on any atom is -0.496 e. The first-order chi connectivity index (χ1) is 19.1. The van der Waals surface area contributed by atoms with E-state index in [0.717, 1.165) is 9.87 Å². The molecule has 1 unspecified atom stereocenters. The van der Waals surface area contributed by atoms with Crippen LogP contribution in [0.2, 0.25) is 0 Å². The molecule has 0 heterocycles. The van der Waals surface area contributed by atoms with E-state index in [2.05, 4.69) is 21.2 Å². The van der Waals surface area contributed by atoms with E-state index in [9.17, 15) is 22.4 Å². The molecular weight excluding hydrogens is 613 g/mol. The highest BCUT2D eigenvalue weighted by Gasteiger charge is 2.33. The normalized spacial score (nSPS) is 12.4. The monoisotopic (exact) mass is 647 g/mol. The molecule has 0 radical (unpaired) electrons. The van der Waals surface area contributed by atoms with Gasteiger partial charge in [-0.2, -0.15) is 0 Å². The highest BCUT2D eigenvalue weighted by atomic mass is 79.9. The number of carbonyl (C=O) groups is 2. The molecule has 2 amide bonds. The van der Waals surface area contributed by atoms with Crippen molar-refractivity contribution >= 4 is 43.5 Å². The Morgan fingerprint density at radius 2 is 1.63 bits per heavy atom. The Morgan fingerprint density at radius 1 is 1.02 bits per heavy atom. The van der Waals surface area contributed by atoms with Crippen molar-refractivity contribution in [1.82, 2.24) is 10.2 Å². The molecule has 8 nitrogen and oxygen atoms in total. The SMILES string of the molecule is COc1ccc(S(=O)(=O)N(CC(=O)N(Cc2ccc(F)cc2)C(C)C(=O)NC(C)(C)C)c2ccc(C)cc2)cc1Br. The first-order valence-corrected chi connectivity index (χ1v) is 15.1. The predicted octanol–water partition coefficient (Wildman–Crippen LogP) is 5.43. The molecule has 1 N–H and O–H groups in total. The van der Waals surface area contributed by atoms with E-state index in [1.165, 1.54) is 54.5 Å². The first-order valence-electron chi connectivity index (χ1n) is 12.9. The van der Waals surface area contributed by atoms with Gasteiger partial charge in [0.1, 0.15) is 24.2 Å². The number of nitrogens with zero attached hydrogens (tertiary/aromatic N) is 2. The lowest BCUT2D eigenvalue weighted by Gasteiger charge is -2.33. The van der Waals surface area contributed by atoms with Gasteiger partial charge in [0, 0.05) is 12.1 Å².